The van der Waals surface area contributed by atoms with E-state index in [1.807, 2.05) is 43.5 Å². The first-order chi connectivity index (χ1) is 8.79. The molecule has 0 amide bonds. The third-order valence-electron chi connectivity index (χ3n) is 2.80. The van der Waals surface area contributed by atoms with Gasteiger partial charge in [0.25, 0.3) is 0 Å². The van der Waals surface area contributed by atoms with Gasteiger partial charge in [0.15, 0.2) is 0 Å². The van der Waals surface area contributed by atoms with Crippen LogP contribution in [0.2, 0.25) is 0 Å². The van der Waals surface area contributed by atoms with Gasteiger partial charge < -0.3 is 0 Å². The van der Waals surface area contributed by atoms with Gasteiger partial charge in [-0.05, 0) is 37.1 Å². The standard InChI is InChI=1S/C17H17N/c1-3-15(16-11-9-14(2)10-12-16)13-18-17-7-5-4-6-8-17/h3-13H,1-2H3/b15-3+,18-13?. The molecule has 0 saturated heterocycles. The van der Waals surface area contributed by atoms with Crippen molar-refractivity contribution in [2.24, 2.45) is 4.99 Å². The van der Waals surface area contributed by atoms with Crippen LogP contribution < -0.4 is 0 Å². The Hall–Kier alpha value is -2.15. The third-order valence-corrected chi connectivity index (χ3v) is 2.80. The fourth-order valence-corrected chi connectivity index (χ4v) is 1.72. The molecule has 0 spiro atoms. The Morgan fingerprint density at radius 3 is 2.22 bits per heavy atom. The van der Waals surface area contributed by atoms with Crippen LogP contribution in [0.4, 0.5) is 5.69 Å². The first-order valence-corrected chi connectivity index (χ1v) is 6.12. The van der Waals surface area contributed by atoms with Crippen molar-refractivity contribution in [1.29, 1.82) is 0 Å². The van der Waals surface area contributed by atoms with E-state index < -0.39 is 0 Å². The summed E-state index contributed by atoms with van der Waals surface area (Å²) in [5, 5.41) is 0. The number of hydrogen-bond donors (Lipinski definition) is 0. The minimum Gasteiger partial charge on any atom is -0.256 e. The van der Waals surface area contributed by atoms with E-state index in [1.54, 1.807) is 0 Å². The molecule has 1 nitrogen and oxygen atoms in total. The van der Waals surface area contributed by atoms with Crippen molar-refractivity contribution in [2.45, 2.75) is 13.8 Å². The van der Waals surface area contributed by atoms with Gasteiger partial charge in [0, 0.05) is 6.21 Å². The molecule has 0 heterocycles. The number of allylic oxidation sites excluding steroid dienone is 2. The van der Waals surface area contributed by atoms with Gasteiger partial charge in [-0.1, -0.05) is 54.1 Å². The maximum absolute atomic E-state index is 4.48. The van der Waals surface area contributed by atoms with E-state index in [1.165, 1.54) is 11.1 Å². The number of para-hydroxylation sites is 1. The lowest BCUT2D eigenvalue weighted by molar-refractivity contribution is 1.45. The summed E-state index contributed by atoms with van der Waals surface area (Å²) in [5.74, 6) is 0. The molecule has 1 heteroatoms. The molecule has 0 bridgehead atoms. The normalized spacial score (nSPS) is 12.0. The van der Waals surface area contributed by atoms with Crippen molar-refractivity contribution in [2.75, 3.05) is 0 Å². The zero-order valence-corrected chi connectivity index (χ0v) is 10.8. The molecule has 2 aromatic carbocycles. The smallest absolute Gasteiger partial charge is 0.0629 e. The summed E-state index contributed by atoms with van der Waals surface area (Å²) in [4.78, 5) is 4.48. The Morgan fingerprint density at radius 2 is 1.61 bits per heavy atom. The fourth-order valence-electron chi connectivity index (χ4n) is 1.72. The van der Waals surface area contributed by atoms with Crippen molar-refractivity contribution in [3.05, 3.63) is 71.8 Å². The highest BCUT2D eigenvalue weighted by molar-refractivity contribution is 6.10. The van der Waals surface area contributed by atoms with E-state index in [0.29, 0.717) is 0 Å². The summed E-state index contributed by atoms with van der Waals surface area (Å²) in [6, 6.07) is 18.5. The quantitative estimate of drug-likeness (QED) is 0.677. The molecule has 18 heavy (non-hydrogen) atoms. The van der Waals surface area contributed by atoms with Crippen LogP contribution in [0.25, 0.3) is 5.57 Å². The summed E-state index contributed by atoms with van der Waals surface area (Å²) in [6.07, 6.45) is 4.00. The Labute approximate surface area is 109 Å². The molecule has 0 saturated carbocycles. The number of aryl methyl sites for hydroxylation is 1. The van der Waals surface area contributed by atoms with Gasteiger partial charge in [-0.15, -0.1) is 0 Å². The van der Waals surface area contributed by atoms with Crippen molar-refractivity contribution in [1.82, 2.24) is 0 Å². The second kappa shape index (κ2) is 5.97. The molecule has 0 fully saturated rings. The minimum atomic E-state index is 0.976. The molecule has 0 aliphatic heterocycles. The third kappa shape index (κ3) is 3.17. The molecular formula is C17H17N. The van der Waals surface area contributed by atoms with E-state index in [-0.39, 0.29) is 0 Å². The molecule has 0 atom stereocenters. The first-order valence-electron chi connectivity index (χ1n) is 6.12. The number of benzene rings is 2. The lowest BCUT2D eigenvalue weighted by atomic mass is 10.1. The Morgan fingerprint density at radius 1 is 0.944 bits per heavy atom. The summed E-state index contributed by atoms with van der Waals surface area (Å²) in [5.41, 5.74) is 4.58. The van der Waals surface area contributed by atoms with E-state index in [0.717, 1.165) is 11.3 Å². The second-order valence-electron chi connectivity index (χ2n) is 4.20. The van der Waals surface area contributed by atoms with Crippen LogP contribution in [0.1, 0.15) is 18.1 Å². The number of aliphatic imine (C=N–C) groups is 1. The molecule has 0 unspecified atom stereocenters. The molecule has 0 radical (unpaired) electrons. The number of nitrogens with zero attached hydrogens (tertiary/aromatic N) is 1. The van der Waals surface area contributed by atoms with Crippen LogP contribution in [0.15, 0.2) is 65.7 Å². The monoisotopic (exact) mass is 235 g/mol. The van der Waals surface area contributed by atoms with Crippen LogP contribution in [0.5, 0.6) is 0 Å². The predicted octanol–water partition coefficient (Wildman–Crippen LogP) is 4.80. The average Bonchev–Trinajstić information content (AvgIpc) is 2.42. The van der Waals surface area contributed by atoms with E-state index >= 15 is 0 Å². The first kappa shape index (κ1) is 12.3. The molecule has 90 valence electrons. The lowest BCUT2D eigenvalue weighted by Crippen LogP contribution is -1.85. The number of rotatable bonds is 3. The largest absolute Gasteiger partial charge is 0.256 e. The zero-order chi connectivity index (χ0) is 12.8. The Balaban J connectivity index is 2.21. The fraction of sp³-hybridized carbons (Fsp3) is 0.118. The van der Waals surface area contributed by atoms with Gasteiger partial charge >= 0.3 is 0 Å². The topological polar surface area (TPSA) is 12.4 Å². The van der Waals surface area contributed by atoms with Crippen molar-refractivity contribution >= 4 is 17.5 Å². The van der Waals surface area contributed by atoms with Gasteiger partial charge in [-0.25, -0.2) is 0 Å². The second-order valence-corrected chi connectivity index (χ2v) is 4.20. The van der Waals surface area contributed by atoms with E-state index in [4.69, 9.17) is 0 Å². The Bertz CT molecular complexity index is 548. The van der Waals surface area contributed by atoms with Gasteiger partial charge in [-0.3, -0.25) is 4.99 Å². The maximum atomic E-state index is 4.48. The van der Waals surface area contributed by atoms with Gasteiger partial charge in [0.1, 0.15) is 0 Å². The summed E-state index contributed by atoms with van der Waals surface area (Å²) >= 11 is 0. The van der Waals surface area contributed by atoms with Gasteiger partial charge in [0.2, 0.25) is 0 Å². The minimum absolute atomic E-state index is 0.976. The van der Waals surface area contributed by atoms with Crippen molar-refractivity contribution in [3.63, 3.8) is 0 Å². The zero-order valence-electron chi connectivity index (χ0n) is 10.8. The highest BCUT2D eigenvalue weighted by Gasteiger charge is 1.96. The summed E-state index contributed by atoms with van der Waals surface area (Å²) in [7, 11) is 0. The molecule has 2 aromatic rings. The van der Waals surface area contributed by atoms with Crippen LogP contribution in [0.3, 0.4) is 0 Å². The highest BCUT2D eigenvalue weighted by atomic mass is 14.7. The molecule has 2 rings (SSSR count). The highest BCUT2D eigenvalue weighted by Crippen LogP contribution is 2.16. The predicted molar refractivity (Wildman–Crippen MR) is 79.4 cm³/mol. The van der Waals surface area contributed by atoms with Crippen molar-refractivity contribution in [3.8, 4) is 0 Å². The van der Waals surface area contributed by atoms with Crippen LogP contribution >= 0.6 is 0 Å². The van der Waals surface area contributed by atoms with Crippen LogP contribution in [-0.2, 0) is 0 Å². The van der Waals surface area contributed by atoms with E-state index in [2.05, 4.69) is 42.3 Å². The molecule has 0 aliphatic rings. The van der Waals surface area contributed by atoms with E-state index in [9.17, 15) is 0 Å². The Kier molecular flexibility index (Phi) is 4.08. The molecule has 0 aliphatic carbocycles. The molecule has 0 aromatic heterocycles. The average molecular weight is 235 g/mol. The van der Waals surface area contributed by atoms with Gasteiger partial charge in [0.05, 0.1) is 5.69 Å². The van der Waals surface area contributed by atoms with Crippen LogP contribution in [0, 0.1) is 6.92 Å². The summed E-state index contributed by atoms with van der Waals surface area (Å²) in [6.45, 7) is 4.13. The lowest BCUT2D eigenvalue weighted by Gasteiger charge is -2.02. The van der Waals surface area contributed by atoms with Crippen molar-refractivity contribution < 1.29 is 0 Å². The maximum Gasteiger partial charge on any atom is 0.0629 e. The molecular weight excluding hydrogens is 218 g/mol. The number of hydrogen-bond acceptors (Lipinski definition) is 1. The van der Waals surface area contributed by atoms with Gasteiger partial charge in [-0.2, -0.15) is 0 Å². The summed E-state index contributed by atoms with van der Waals surface area (Å²) < 4.78 is 0. The molecule has 0 N–H and O–H groups in total. The van der Waals surface area contributed by atoms with Crippen LogP contribution in [-0.4, -0.2) is 6.21 Å². The SMILES string of the molecule is C/C=C(\C=Nc1ccccc1)c1ccc(C)cc1.